The maximum atomic E-state index is 13.1. The lowest BCUT2D eigenvalue weighted by Crippen LogP contribution is -2.03. The molecule has 1 unspecified atom stereocenters. The molecule has 72 valence electrons. The van der Waals surface area contributed by atoms with Gasteiger partial charge in [0.25, 0.3) is 0 Å². The zero-order valence-corrected chi connectivity index (χ0v) is 8.74. The minimum atomic E-state index is -1.18. The van der Waals surface area contributed by atoms with Crippen molar-refractivity contribution in [2.45, 2.75) is 6.10 Å². The summed E-state index contributed by atoms with van der Waals surface area (Å²) >= 11 is 8.12. The molecule has 0 radical (unpaired) electrons. The number of hydrogen-bond acceptors (Lipinski definition) is 1. The molecule has 0 fully saturated rings. The zero-order valence-electron chi connectivity index (χ0n) is 6.40. The van der Waals surface area contributed by atoms with Crippen molar-refractivity contribution in [3.05, 3.63) is 33.8 Å². The van der Waals surface area contributed by atoms with Gasteiger partial charge in [-0.15, -0.1) is 11.6 Å². The van der Waals surface area contributed by atoms with Crippen LogP contribution in [-0.2, 0) is 0 Å². The average molecular weight is 271 g/mol. The van der Waals surface area contributed by atoms with Gasteiger partial charge in [-0.2, -0.15) is 0 Å². The molecule has 1 atom stereocenters. The number of halogens is 4. The second kappa shape index (κ2) is 4.35. The molecule has 0 aromatic heterocycles. The van der Waals surface area contributed by atoms with Crippen LogP contribution in [0, 0.1) is 11.6 Å². The molecule has 0 saturated carbocycles. The molecule has 5 heteroatoms. The molecule has 0 bridgehead atoms. The van der Waals surface area contributed by atoms with E-state index in [4.69, 9.17) is 11.6 Å². The number of alkyl halides is 1. The third-order valence-corrected chi connectivity index (χ3v) is 2.44. The van der Waals surface area contributed by atoms with E-state index in [9.17, 15) is 13.9 Å². The summed E-state index contributed by atoms with van der Waals surface area (Å²) in [5, 5.41) is 9.17. The molecule has 1 N–H and O–H groups in total. The number of aliphatic hydroxyl groups excluding tert-OH is 1. The van der Waals surface area contributed by atoms with Crippen LogP contribution >= 0.6 is 27.5 Å². The first-order valence-corrected chi connectivity index (χ1v) is 4.77. The number of hydrogen-bond donors (Lipinski definition) is 1. The van der Waals surface area contributed by atoms with Gasteiger partial charge in [0, 0.05) is 5.56 Å². The Morgan fingerprint density at radius 1 is 1.38 bits per heavy atom. The van der Waals surface area contributed by atoms with E-state index >= 15 is 0 Å². The van der Waals surface area contributed by atoms with Crippen molar-refractivity contribution in [3.63, 3.8) is 0 Å². The minimum Gasteiger partial charge on any atom is -0.387 e. The van der Waals surface area contributed by atoms with Gasteiger partial charge in [0.1, 0.15) is 11.6 Å². The van der Waals surface area contributed by atoms with Crippen LogP contribution in [0.25, 0.3) is 0 Å². The monoisotopic (exact) mass is 270 g/mol. The lowest BCUT2D eigenvalue weighted by atomic mass is 10.1. The van der Waals surface area contributed by atoms with Crippen LogP contribution in [0.2, 0.25) is 0 Å². The van der Waals surface area contributed by atoms with Gasteiger partial charge in [-0.1, -0.05) is 0 Å². The molecule has 0 saturated heterocycles. The topological polar surface area (TPSA) is 20.2 Å². The molecule has 1 rings (SSSR count). The smallest absolute Gasteiger partial charge is 0.137 e. The molecule has 0 aliphatic heterocycles. The van der Waals surface area contributed by atoms with Crippen molar-refractivity contribution in [1.29, 1.82) is 0 Å². The van der Waals surface area contributed by atoms with Crippen LogP contribution in [0.3, 0.4) is 0 Å². The number of benzene rings is 1. The van der Waals surface area contributed by atoms with Crippen LogP contribution in [0.5, 0.6) is 0 Å². The predicted octanol–water partition coefficient (Wildman–Crippen LogP) is 3.00. The fraction of sp³-hybridized carbons (Fsp3) is 0.250. The quantitative estimate of drug-likeness (QED) is 0.647. The highest BCUT2D eigenvalue weighted by atomic mass is 79.9. The highest BCUT2D eigenvalue weighted by Crippen LogP contribution is 2.24. The van der Waals surface area contributed by atoms with Crippen molar-refractivity contribution in [2.24, 2.45) is 0 Å². The van der Waals surface area contributed by atoms with E-state index in [1.165, 1.54) is 0 Å². The van der Waals surface area contributed by atoms with Crippen molar-refractivity contribution in [2.75, 3.05) is 5.88 Å². The summed E-state index contributed by atoms with van der Waals surface area (Å²) in [6.45, 7) is 0. The number of rotatable bonds is 2. The summed E-state index contributed by atoms with van der Waals surface area (Å²) in [5.41, 5.74) is -0.129. The van der Waals surface area contributed by atoms with Gasteiger partial charge < -0.3 is 5.11 Å². The lowest BCUT2D eigenvalue weighted by molar-refractivity contribution is 0.197. The van der Waals surface area contributed by atoms with Gasteiger partial charge in [-0.05, 0) is 28.1 Å². The Labute approximate surface area is 87.5 Å². The van der Waals surface area contributed by atoms with E-state index in [1.54, 1.807) is 0 Å². The van der Waals surface area contributed by atoms with Gasteiger partial charge >= 0.3 is 0 Å². The van der Waals surface area contributed by atoms with Crippen LogP contribution in [0.1, 0.15) is 11.7 Å². The van der Waals surface area contributed by atoms with Crippen LogP contribution < -0.4 is 0 Å². The van der Waals surface area contributed by atoms with Gasteiger partial charge in [0.15, 0.2) is 0 Å². The lowest BCUT2D eigenvalue weighted by Gasteiger charge is -2.08. The summed E-state index contributed by atoms with van der Waals surface area (Å²) in [4.78, 5) is 0. The van der Waals surface area contributed by atoms with Gasteiger partial charge in [-0.3, -0.25) is 0 Å². The summed E-state index contributed by atoms with van der Waals surface area (Å²) in [6, 6.07) is 1.88. The molecule has 1 nitrogen and oxygen atoms in total. The van der Waals surface area contributed by atoms with Crippen LogP contribution in [0.15, 0.2) is 16.6 Å². The second-order valence-electron chi connectivity index (χ2n) is 2.46. The molecule has 0 amide bonds. The Hall–Kier alpha value is -0.190. The predicted molar refractivity (Wildman–Crippen MR) is 49.7 cm³/mol. The fourth-order valence-corrected chi connectivity index (χ4v) is 1.36. The fourth-order valence-electron chi connectivity index (χ4n) is 0.876. The highest BCUT2D eigenvalue weighted by Gasteiger charge is 2.14. The van der Waals surface area contributed by atoms with Gasteiger partial charge in [-0.25, -0.2) is 8.78 Å². The largest absolute Gasteiger partial charge is 0.387 e. The first-order valence-electron chi connectivity index (χ1n) is 3.44. The van der Waals surface area contributed by atoms with E-state index in [0.717, 1.165) is 12.1 Å². The number of aliphatic hydroxyl groups is 1. The minimum absolute atomic E-state index is 0.0236. The third-order valence-electron chi connectivity index (χ3n) is 1.54. The molecule has 0 heterocycles. The molecule has 13 heavy (non-hydrogen) atoms. The van der Waals surface area contributed by atoms with Crippen LogP contribution in [-0.4, -0.2) is 11.0 Å². The van der Waals surface area contributed by atoms with Crippen LogP contribution in [0.4, 0.5) is 8.78 Å². The molecule has 0 spiro atoms. The second-order valence-corrected chi connectivity index (χ2v) is 3.62. The van der Waals surface area contributed by atoms with Crippen molar-refractivity contribution < 1.29 is 13.9 Å². The molecule has 1 aromatic carbocycles. The maximum absolute atomic E-state index is 13.1. The van der Waals surface area contributed by atoms with Crippen molar-refractivity contribution in [3.8, 4) is 0 Å². The molecular formula is C8H6BrClF2O. The third kappa shape index (κ3) is 2.39. The zero-order chi connectivity index (χ0) is 10.0. The van der Waals surface area contributed by atoms with Gasteiger partial charge in [0.05, 0.1) is 16.5 Å². The average Bonchev–Trinajstić information content (AvgIpc) is 2.10. The van der Waals surface area contributed by atoms with E-state index < -0.39 is 17.7 Å². The van der Waals surface area contributed by atoms with E-state index in [-0.39, 0.29) is 15.9 Å². The summed E-state index contributed by atoms with van der Waals surface area (Å²) in [7, 11) is 0. The molecule has 1 aromatic rings. The van der Waals surface area contributed by atoms with E-state index in [1.807, 2.05) is 0 Å². The first-order chi connectivity index (χ1) is 6.06. The summed E-state index contributed by atoms with van der Waals surface area (Å²) in [6.07, 6.45) is -1.18. The molecular weight excluding hydrogens is 265 g/mol. The Balaban J connectivity index is 3.15. The normalized spacial score (nSPS) is 13.0. The first kappa shape index (κ1) is 10.9. The Bertz CT molecular complexity index is 319. The summed E-state index contributed by atoms with van der Waals surface area (Å²) < 4.78 is 26.0. The van der Waals surface area contributed by atoms with Gasteiger partial charge in [0.2, 0.25) is 0 Å². The Kier molecular flexibility index (Phi) is 3.64. The molecule has 0 aliphatic rings. The Morgan fingerprint density at radius 3 is 2.54 bits per heavy atom. The standard InChI is InChI=1S/C8H6BrClF2O/c9-5-2-6(11)4(1-7(5)12)8(13)3-10/h1-2,8,13H,3H2. The highest BCUT2D eigenvalue weighted by molar-refractivity contribution is 9.10. The van der Waals surface area contributed by atoms with Crippen molar-refractivity contribution >= 4 is 27.5 Å². The molecule has 0 aliphatic carbocycles. The van der Waals surface area contributed by atoms with E-state index in [0.29, 0.717) is 0 Å². The van der Waals surface area contributed by atoms with Crippen molar-refractivity contribution in [1.82, 2.24) is 0 Å². The maximum Gasteiger partial charge on any atom is 0.137 e. The van der Waals surface area contributed by atoms with E-state index in [2.05, 4.69) is 15.9 Å². The Morgan fingerprint density at radius 2 is 2.00 bits per heavy atom. The summed E-state index contributed by atoms with van der Waals surface area (Å²) in [5.74, 6) is -1.47. The SMILES string of the molecule is OC(CCl)c1cc(F)c(Br)cc1F.